The fraction of sp³-hybridized carbons (Fsp3) is 0.364. The lowest BCUT2D eigenvalue weighted by Crippen LogP contribution is -2.41. The first-order valence-electron chi connectivity index (χ1n) is 10.3. The Labute approximate surface area is 191 Å². The molecule has 1 N–H and O–H groups in total. The second kappa shape index (κ2) is 9.05. The highest BCUT2D eigenvalue weighted by molar-refractivity contribution is 7.89. The third-order valence-corrected chi connectivity index (χ3v) is 8.54. The normalized spacial score (nSPS) is 17.3. The highest BCUT2D eigenvalue weighted by Gasteiger charge is 2.31. The number of fused-ring (bicyclic) bond motifs is 1. The SMILES string of the molecule is COc1cc2nc(NC(=O)c3ccc(S(=O)(=O)N4CCCC[C@H]4C)cc3)sc2cc1OC. The predicted octanol–water partition coefficient (Wildman–Crippen LogP) is 4.13. The molecule has 10 heteroatoms. The van der Waals surface area contributed by atoms with Crippen LogP contribution >= 0.6 is 11.3 Å². The molecule has 0 bridgehead atoms. The van der Waals surface area contributed by atoms with E-state index in [2.05, 4.69) is 10.3 Å². The number of carbonyl (C=O) groups is 1. The van der Waals surface area contributed by atoms with Gasteiger partial charge < -0.3 is 9.47 Å². The summed E-state index contributed by atoms with van der Waals surface area (Å²) in [6.45, 7) is 2.46. The Hall–Kier alpha value is -2.69. The van der Waals surface area contributed by atoms with Gasteiger partial charge >= 0.3 is 0 Å². The fourth-order valence-electron chi connectivity index (χ4n) is 3.82. The molecule has 1 saturated heterocycles. The van der Waals surface area contributed by atoms with Crippen LogP contribution in [0.3, 0.4) is 0 Å². The van der Waals surface area contributed by atoms with Gasteiger partial charge in [-0.1, -0.05) is 17.8 Å². The van der Waals surface area contributed by atoms with Gasteiger partial charge in [-0.15, -0.1) is 0 Å². The first-order valence-corrected chi connectivity index (χ1v) is 12.5. The third kappa shape index (κ3) is 4.30. The first-order chi connectivity index (χ1) is 15.3. The van der Waals surface area contributed by atoms with Crippen molar-refractivity contribution in [3.63, 3.8) is 0 Å². The molecule has 0 spiro atoms. The van der Waals surface area contributed by atoms with Crippen LogP contribution in [0.25, 0.3) is 10.2 Å². The van der Waals surface area contributed by atoms with Crippen molar-refractivity contribution < 1.29 is 22.7 Å². The molecule has 4 rings (SSSR count). The van der Waals surface area contributed by atoms with Crippen LogP contribution in [0, 0.1) is 0 Å². The van der Waals surface area contributed by atoms with Crippen LogP contribution in [0.5, 0.6) is 11.5 Å². The van der Waals surface area contributed by atoms with Gasteiger partial charge in [0.25, 0.3) is 5.91 Å². The number of rotatable bonds is 6. The molecule has 0 unspecified atom stereocenters. The lowest BCUT2D eigenvalue weighted by Gasteiger charge is -2.32. The van der Waals surface area contributed by atoms with Gasteiger partial charge in [0.2, 0.25) is 10.0 Å². The molecule has 8 nitrogen and oxygen atoms in total. The Bertz CT molecular complexity index is 1200. The summed E-state index contributed by atoms with van der Waals surface area (Å²) in [6, 6.07) is 9.56. The Morgan fingerprint density at radius 3 is 2.47 bits per heavy atom. The number of nitrogens with zero attached hydrogens (tertiary/aromatic N) is 2. The Morgan fingerprint density at radius 1 is 1.12 bits per heavy atom. The largest absolute Gasteiger partial charge is 0.493 e. The number of anilines is 1. The zero-order chi connectivity index (χ0) is 22.9. The zero-order valence-electron chi connectivity index (χ0n) is 18.1. The molecule has 0 aliphatic carbocycles. The van der Waals surface area contributed by atoms with E-state index >= 15 is 0 Å². The molecule has 2 heterocycles. The van der Waals surface area contributed by atoms with Crippen molar-refractivity contribution in [2.75, 3.05) is 26.1 Å². The summed E-state index contributed by atoms with van der Waals surface area (Å²) in [7, 11) is -0.467. The lowest BCUT2D eigenvalue weighted by molar-refractivity contribution is 0.102. The van der Waals surface area contributed by atoms with Crippen molar-refractivity contribution in [1.82, 2.24) is 9.29 Å². The number of carbonyl (C=O) groups excluding carboxylic acids is 1. The number of nitrogens with one attached hydrogen (secondary N) is 1. The van der Waals surface area contributed by atoms with E-state index in [4.69, 9.17) is 9.47 Å². The number of ether oxygens (including phenoxy) is 2. The number of aromatic nitrogens is 1. The molecular weight excluding hydrogens is 450 g/mol. The summed E-state index contributed by atoms with van der Waals surface area (Å²) in [5.41, 5.74) is 1.03. The van der Waals surface area contributed by atoms with E-state index in [9.17, 15) is 13.2 Å². The monoisotopic (exact) mass is 475 g/mol. The second-order valence-electron chi connectivity index (χ2n) is 7.63. The molecule has 0 radical (unpaired) electrons. The Kier molecular flexibility index (Phi) is 6.36. The first kappa shape index (κ1) is 22.5. The van der Waals surface area contributed by atoms with Crippen molar-refractivity contribution in [1.29, 1.82) is 0 Å². The second-order valence-corrected chi connectivity index (χ2v) is 10.6. The van der Waals surface area contributed by atoms with Crippen LogP contribution in [0.1, 0.15) is 36.5 Å². The summed E-state index contributed by atoms with van der Waals surface area (Å²) in [5, 5.41) is 3.21. The highest BCUT2D eigenvalue weighted by atomic mass is 32.2. The van der Waals surface area contributed by atoms with Gasteiger partial charge in [-0.2, -0.15) is 4.31 Å². The van der Waals surface area contributed by atoms with Gasteiger partial charge in [-0.3, -0.25) is 10.1 Å². The number of sulfonamides is 1. The van der Waals surface area contributed by atoms with E-state index in [1.807, 2.05) is 13.0 Å². The van der Waals surface area contributed by atoms with Crippen LogP contribution in [-0.4, -0.2) is 50.4 Å². The number of hydrogen-bond donors (Lipinski definition) is 1. The van der Waals surface area contributed by atoms with Crippen molar-refractivity contribution >= 4 is 42.6 Å². The summed E-state index contributed by atoms with van der Waals surface area (Å²) < 4.78 is 38.9. The molecule has 3 aromatic rings. The Morgan fingerprint density at radius 2 is 1.81 bits per heavy atom. The number of piperidine rings is 1. The maximum absolute atomic E-state index is 13.0. The molecule has 1 fully saturated rings. The van der Waals surface area contributed by atoms with E-state index in [0.717, 1.165) is 24.0 Å². The molecule has 1 aliphatic heterocycles. The predicted molar refractivity (Wildman–Crippen MR) is 124 cm³/mol. The highest BCUT2D eigenvalue weighted by Crippen LogP contribution is 2.36. The molecule has 0 saturated carbocycles. The van der Waals surface area contributed by atoms with Gasteiger partial charge in [0.05, 0.1) is 29.3 Å². The number of methoxy groups -OCH3 is 2. The number of hydrogen-bond acceptors (Lipinski definition) is 7. The molecule has 1 atom stereocenters. The van der Waals surface area contributed by atoms with Crippen LogP contribution in [0.15, 0.2) is 41.3 Å². The maximum atomic E-state index is 13.0. The van der Waals surface area contributed by atoms with Crippen LogP contribution in [0.2, 0.25) is 0 Å². The minimum absolute atomic E-state index is 0.0204. The quantitative estimate of drug-likeness (QED) is 0.576. The smallest absolute Gasteiger partial charge is 0.257 e. The van der Waals surface area contributed by atoms with Crippen molar-refractivity contribution in [3.8, 4) is 11.5 Å². The molecule has 32 heavy (non-hydrogen) atoms. The van der Waals surface area contributed by atoms with Gasteiger partial charge in [0, 0.05) is 30.3 Å². The van der Waals surface area contributed by atoms with Gasteiger partial charge in [-0.05, 0) is 44.0 Å². The van der Waals surface area contributed by atoms with Crippen LogP contribution in [0.4, 0.5) is 5.13 Å². The average molecular weight is 476 g/mol. The molecule has 2 aromatic carbocycles. The summed E-state index contributed by atoms with van der Waals surface area (Å²) in [4.78, 5) is 17.3. The zero-order valence-corrected chi connectivity index (χ0v) is 19.8. The van der Waals surface area contributed by atoms with E-state index < -0.39 is 10.0 Å². The van der Waals surface area contributed by atoms with Crippen molar-refractivity contribution in [3.05, 3.63) is 42.0 Å². The van der Waals surface area contributed by atoms with Gasteiger partial charge in [-0.25, -0.2) is 13.4 Å². The van der Waals surface area contributed by atoms with Crippen molar-refractivity contribution in [2.45, 2.75) is 37.1 Å². The topological polar surface area (TPSA) is 97.8 Å². The molecular formula is C22H25N3O5S2. The van der Waals surface area contributed by atoms with Gasteiger partial charge in [0.1, 0.15) is 0 Å². The third-order valence-electron chi connectivity index (χ3n) is 5.58. The summed E-state index contributed by atoms with van der Waals surface area (Å²) >= 11 is 1.31. The average Bonchev–Trinajstić information content (AvgIpc) is 3.19. The minimum Gasteiger partial charge on any atom is -0.493 e. The van der Waals surface area contributed by atoms with E-state index in [0.29, 0.717) is 34.3 Å². The summed E-state index contributed by atoms with van der Waals surface area (Å²) in [6.07, 6.45) is 2.77. The van der Waals surface area contributed by atoms with E-state index in [-0.39, 0.29) is 16.8 Å². The molecule has 1 aliphatic rings. The molecule has 170 valence electrons. The standard InChI is InChI=1S/C22H25N3O5S2/c1-14-6-4-5-11-25(14)32(27,28)16-9-7-15(8-10-16)21(26)24-22-23-17-12-18(29-2)19(30-3)13-20(17)31-22/h7-10,12-14H,4-6,11H2,1-3H3,(H,23,24,26)/t14-/m1/s1. The minimum atomic E-state index is -3.58. The van der Waals surface area contributed by atoms with Gasteiger partial charge in [0.15, 0.2) is 16.6 Å². The fourth-order valence-corrected chi connectivity index (χ4v) is 6.39. The van der Waals surface area contributed by atoms with Crippen LogP contribution < -0.4 is 14.8 Å². The number of thiazole rings is 1. The molecule has 1 aromatic heterocycles. The number of benzene rings is 2. The lowest BCUT2D eigenvalue weighted by atomic mass is 10.1. The Balaban J connectivity index is 1.52. The number of amides is 1. The van der Waals surface area contributed by atoms with E-state index in [1.165, 1.54) is 35.6 Å². The van der Waals surface area contributed by atoms with Crippen LogP contribution in [-0.2, 0) is 10.0 Å². The van der Waals surface area contributed by atoms with E-state index in [1.54, 1.807) is 24.6 Å². The summed E-state index contributed by atoms with van der Waals surface area (Å²) in [5.74, 6) is 0.780. The maximum Gasteiger partial charge on any atom is 0.257 e. The molecule has 1 amide bonds. The van der Waals surface area contributed by atoms with Crippen molar-refractivity contribution in [2.24, 2.45) is 0 Å².